The SMILES string of the molecule is COc1ccc(CNC(=O)C2=C3CCCN3c3ccccc3S2(=O)=O)c(OC)c1. The molecule has 4 rings (SSSR count). The number of methoxy groups -OCH3 is 2. The fraction of sp³-hybridized carbons (Fsp3) is 0.286. The van der Waals surface area contributed by atoms with Gasteiger partial charge in [0.25, 0.3) is 5.91 Å². The van der Waals surface area contributed by atoms with Gasteiger partial charge in [-0.25, -0.2) is 8.42 Å². The monoisotopic (exact) mass is 414 g/mol. The van der Waals surface area contributed by atoms with E-state index in [2.05, 4.69) is 5.32 Å². The number of ether oxygens (including phenoxy) is 2. The fourth-order valence-corrected chi connectivity index (χ4v) is 5.63. The first-order chi connectivity index (χ1) is 14.0. The van der Waals surface area contributed by atoms with Crippen molar-refractivity contribution in [3.63, 3.8) is 0 Å². The number of carbonyl (C=O) groups is 1. The van der Waals surface area contributed by atoms with Gasteiger partial charge in [-0.2, -0.15) is 0 Å². The lowest BCUT2D eigenvalue weighted by Crippen LogP contribution is -2.35. The van der Waals surface area contributed by atoms with E-state index >= 15 is 0 Å². The highest BCUT2D eigenvalue weighted by atomic mass is 32.2. The van der Waals surface area contributed by atoms with Gasteiger partial charge in [-0.05, 0) is 37.1 Å². The standard InChI is InChI=1S/C21H22N2O5S/c1-27-15-10-9-14(18(12-15)28-2)13-22-21(24)20-17-7-5-11-23(17)16-6-3-4-8-19(16)29(20,25)26/h3-4,6,8-10,12H,5,7,11,13H2,1-2H3,(H,22,24). The van der Waals surface area contributed by atoms with Crippen molar-refractivity contribution in [2.45, 2.75) is 24.3 Å². The summed E-state index contributed by atoms with van der Waals surface area (Å²) in [5.74, 6) is 0.593. The Morgan fingerprint density at radius 1 is 1.14 bits per heavy atom. The molecule has 8 heteroatoms. The Bertz CT molecular complexity index is 1110. The second-order valence-electron chi connectivity index (χ2n) is 6.86. The molecule has 2 heterocycles. The summed E-state index contributed by atoms with van der Waals surface area (Å²) in [6.45, 7) is 0.838. The number of sulfone groups is 1. The lowest BCUT2D eigenvalue weighted by atomic mass is 10.2. The van der Waals surface area contributed by atoms with Crippen molar-refractivity contribution in [1.29, 1.82) is 0 Å². The smallest absolute Gasteiger partial charge is 0.265 e. The van der Waals surface area contributed by atoms with Gasteiger partial charge in [0.1, 0.15) is 11.5 Å². The molecular formula is C21H22N2O5S. The maximum Gasteiger partial charge on any atom is 0.265 e. The maximum atomic E-state index is 13.2. The third kappa shape index (κ3) is 3.23. The fourth-order valence-electron chi connectivity index (χ4n) is 3.86. The molecule has 0 atom stereocenters. The number of benzene rings is 2. The van der Waals surface area contributed by atoms with Crippen LogP contribution < -0.4 is 19.7 Å². The zero-order valence-electron chi connectivity index (χ0n) is 16.3. The molecule has 0 radical (unpaired) electrons. The number of nitrogens with one attached hydrogen (secondary N) is 1. The van der Waals surface area contributed by atoms with Crippen LogP contribution in [0.25, 0.3) is 0 Å². The van der Waals surface area contributed by atoms with Gasteiger partial charge in [0.2, 0.25) is 9.84 Å². The quantitative estimate of drug-likeness (QED) is 0.810. The van der Waals surface area contributed by atoms with Crippen LogP contribution in [0.5, 0.6) is 11.5 Å². The molecule has 2 aromatic rings. The first-order valence-electron chi connectivity index (χ1n) is 9.31. The van der Waals surface area contributed by atoms with Crippen molar-refractivity contribution in [3.8, 4) is 11.5 Å². The highest BCUT2D eigenvalue weighted by Crippen LogP contribution is 2.43. The minimum absolute atomic E-state index is 0.139. The van der Waals surface area contributed by atoms with Gasteiger partial charge in [0.05, 0.1) is 24.8 Å². The number of hydrogen-bond acceptors (Lipinski definition) is 6. The number of allylic oxidation sites excluding steroid dienone is 1. The molecule has 1 saturated heterocycles. The molecule has 0 aliphatic carbocycles. The average molecular weight is 414 g/mol. The van der Waals surface area contributed by atoms with Crippen LogP contribution >= 0.6 is 0 Å². The minimum Gasteiger partial charge on any atom is -0.497 e. The molecule has 0 bridgehead atoms. The number of nitrogens with zero attached hydrogens (tertiary/aromatic N) is 1. The predicted molar refractivity (Wildman–Crippen MR) is 109 cm³/mol. The first kappa shape index (κ1) is 19.3. The van der Waals surface area contributed by atoms with Gasteiger partial charge < -0.3 is 19.7 Å². The molecule has 0 spiro atoms. The molecular weight excluding hydrogens is 392 g/mol. The van der Waals surface area contributed by atoms with Crippen LogP contribution in [0, 0.1) is 0 Å². The van der Waals surface area contributed by atoms with E-state index in [1.54, 1.807) is 43.5 Å². The molecule has 1 amide bonds. The Kier molecular flexibility index (Phi) is 4.96. The summed E-state index contributed by atoms with van der Waals surface area (Å²) in [5, 5.41) is 2.76. The van der Waals surface area contributed by atoms with E-state index in [0.717, 1.165) is 12.0 Å². The van der Waals surface area contributed by atoms with E-state index < -0.39 is 15.7 Å². The third-order valence-electron chi connectivity index (χ3n) is 5.24. The second-order valence-corrected chi connectivity index (χ2v) is 8.72. The van der Waals surface area contributed by atoms with Gasteiger partial charge in [0.15, 0.2) is 4.91 Å². The van der Waals surface area contributed by atoms with Crippen molar-refractivity contribution in [2.24, 2.45) is 0 Å². The topological polar surface area (TPSA) is 84.9 Å². The van der Waals surface area contributed by atoms with Crippen molar-refractivity contribution in [1.82, 2.24) is 5.32 Å². The third-order valence-corrected chi connectivity index (χ3v) is 7.12. The van der Waals surface area contributed by atoms with E-state index in [1.807, 2.05) is 11.0 Å². The van der Waals surface area contributed by atoms with Crippen LogP contribution in [0.1, 0.15) is 18.4 Å². The largest absolute Gasteiger partial charge is 0.497 e. The summed E-state index contributed by atoms with van der Waals surface area (Å²) in [5.41, 5.74) is 1.94. The van der Waals surface area contributed by atoms with E-state index in [0.29, 0.717) is 35.8 Å². The van der Waals surface area contributed by atoms with Crippen LogP contribution in [0.15, 0.2) is 58.0 Å². The number of para-hydroxylation sites is 1. The van der Waals surface area contributed by atoms with E-state index in [-0.39, 0.29) is 16.3 Å². The summed E-state index contributed by atoms with van der Waals surface area (Å²) >= 11 is 0. The van der Waals surface area contributed by atoms with Crippen molar-refractivity contribution in [3.05, 3.63) is 58.6 Å². The van der Waals surface area contributed by atoms with Crippen LogP contribution in [-0.4, -0.2) is 35.1 Å². The zero-order chi connectivity index (χ0) is 20.6. The predicted octanol–water partition coefficient (Wildman–Crippen LogP) is 2.62. The summed E-state index contributed by atoms with van der Waals surface area (Å²) in [4.78, 5) is 15.0. The number of amides is 1. The molecule has 29 heavy (non-hydrogen) atoms. The summed E-state index contributed by atoms with van der Waals surface area (Å²) in [7, 11) is -0.802. The van der Waals surface area contributed by atoms with Gasteiger partial charge in [-0.15, -0.1) is 0 Å². The van der Waals surface area contributed by atoms with Crippen LogP contribution in [0.2, 0.25) is 0 Å². The Morgan fingerprint density at radius 3 is 2.69 bits per heavy atom. The summed E-state index contributed by atoms with van der Waals surface area (Å²) in [6, 6.07) is 12.1. The van der Waals surface area contributed by atoms with E-state index in [4.69, 9.17) is 9.47 Å². The molecule has 2 aliphatic rings. The zero-order valence-corrected chi connectivity index (χ0v) is 17.1. The van der Waals surface area contributed by atoms with Crippen LogP contribution in [0.4, 0.5) is 5.69 Å². The average Bonchev–Trinajstić information content (AvgIpc) is 3.21. The lowest BCUT2D eigenvalue weighted by Gasteiger charge is -2.29. The number of carbonyl (C=O) groups excluding carboxylic acids is 1. The lowest BCUT2D eigenvalue weighted by molar-refractivity contribution is -0.117. The molecule has 2 aromatic carbocycles. The van der Waals surface area contributed by atoms with Gasteiger partial charge >= 0.3 is 0 Å². The second kappa shape index (κ2) is 7.44. The number of rotatable bonds is 5. The van der Waals surface area contributed by atoms with Crippen LogP contribution in [0.3, 0.4) is 0 Å². The molecule has 2 aliphatic heterocycles. The molecule has 1 N–H and O–H groups in total. The Labute approximate surface area is 169 Å². The number of hydrogen-bond donors (Lipinski definition) is 1. The molecule has 152 valence electrons. The molecule has 7 nitrogen and oxygen atoms in total. The van der Waals surface area contributed by atoms with Gasteiger partial charge in [-0.3, -0.25) is 4.79 Å². The molecule has 0 saturated carbocycles. The normalized spacial score (nSPS) is 16.8. The highest BCUT2D eigenvalue weighted by molar-refractivity contribution is 7.96. The Morgan fingerprint density at radius 2 is 1.93 bits per heavy atom. The van der Waals surface area contributed by atoms with E-state index in [1.165, 1.54) is 7.11 Å². The highest BCUT2D eigenvalue weighted by Gasteiger charge is 2.41. The minimum atomic E-state index is -3.89. The molecule has 0 aromatic heterocycles. The molecule has 1 fully saturated rings. The Hall–Kier alpha value is -3.00. The van der Waals surface area contributed by atoms with E-state index in [9.17, 15) is 13.2 Å². The summed E-state index contributed by atoms with van der Waals surface area (Å²) < 4.78 is 37.0. The van der Waals surface area contributed by atoms with Crippen molar-refractivity contribution < 1.29 is 22.7 Å². The summed E-state index contributed by atoms with van der Waals surface area (Å²) in [6.07, 6.45) is 1.37. The maximum absolute atomic E-state index is 13.2. The van der Waals surface area contributed by atoms with Crippen molar-refractivity contribution >= 4 is 21.4 Å². The van der Waals surface area contributed by atoms with Crippen molar-refractivity contribution in [2.75, 3.05) is 25.7 Å². The first-order valence-corrected chi connectivity index (χ1v) is 10.8. The number of fused-ring (bicyclic) bond motifs is 3. The van der Waals surface area contributed by atoms with Crippen LogP contribution in [-0.2, 0) is 21.2 Å². The Balaban J connectivity index is 1.65. The molecule has 0 unspecified atom stereocenters. The van der Waals surface area contributed by atoms with Gasteiger partial charge in [-0.1, -0.05) is 12.1 Å². The van der Waals surface area contributed by atoms with Gasteiger partial charge in [0, 0.05) is 30.4 Å². The number of anilines is 1.